The number of pyridine rings is 1. The molecule has 0 saturated heterocycles. The highest BCUT2D eigenvalue weighted by Crippen LogP contribution is 2.32. The van der Waals surface area contributed by atoms with Crippen LogP contribution in [0.4, 0.5) is 0 Å². The standard InChI is InChI=1S/C23H35NO4/c1-3-5-7-9-10-12-15-27-18-13-14-19-20(17-18)24-23(26)21(25)22(19)28-16-11-8-6-4-2/h13-14,17,25H,3-12,15-16H2,1-2H3,(H,24,26). The molecule has 0 aliphatic heterocycles. The number of rotatable bonds is 14. The highest BCUT2D eigenvalue weighted by Gasteiger charge is 2.14. The predicted molar refractivity (Wildman–Crippen MR) is 115 cm³/mol. The monoisotopic (exact) mass is 389 g/mol. The molecule has 2 aromatic rings. The first-order valence-electron chi connectivity index (χ1n) is 10.8. The molecular weight excluding hydrogens is 354 g/mol. The summed E-state index contributed by atoms with van der Waals surface area (Å²) in [4.78, 5) is 14.8. The molecule has 0 fully saturated rings. The molecule has 0 spiro atoms. The van der Waals surface area contributed by atoms with Crippen LogP contribution in [0.3, 0.4) is 0 Å². The van der Waals surface area contributed by atoms with Crippen LogP contribution in [0.15, 0.2) is 23.0 Å². The lowest BCUT2D eigenvalue weighted by molar-refractivity contribution is 0.291. The topological polar surface area (TPSA) is 71.5 Å². The van der Waals surface area contributed by atoms with Crippen molar-refractivity contribution in [3.63, 3.8) is 0 Å². The Morgan fingerprint density at radius 2 is 1.46 bits per heavy atom. The number of aromatic hydroxyl groups is 1. The van der Waals surface area contributed by atoms with Gasteiger partial charge in [0.2, 0.25) is 5.75 Å². The summed E-state index contributed by atoms with van der Waals surface area (Å²) in [5, 5.41) is 10.8. The summed E-state index contributed by atoms with van der Waals surface area (Å²) in [5.74, 6) is 0.623. The maximum Gasteiger partial charge on any atom is 0.294 e. The predicted octanol–water partition coefficient (Wildman–Crippen LogP) is 5.93. The summed E-state index contributed by atoms with van der Waals surface area (Å²) in [7, 11) is 0. The molecule has 0 radical (unpaired) electrons. The van der Waals surface area contributed by atoms with E-state index in [4.69, 9.17) is 9.47 Å². The van der Waals surface area contributed by atoms with Crippen LogP contribution < -0.4 is 15.0 Å². The third-order valence-corrected chi connectivity index (χ3v) is 4.92. The van der Waals surface area contributed by atoms with Gasteiger partial charge in [0.25, 0.3) is 5.56 Å². The minimum atomic E-state index is -0.538. The Kier molecular flexibility index (Phi) is 9.73. The van der Waals surface area contributed by atoms with E-state index in [2.05, 4.69) is 18.8 Å². The number of aromatic nitrogens is 1. The van der Waals surface area contributed by atoms with E-state index in [9.17, 15) is 9.90 Å². The van der Waals surface area contributed by atoms with Crippen molar-refractivity contribution in [2.24, 2.45) is 0 Å². The van der Waals surface area contributed by atoms with E-state index in [0.717, 1.165) is 37.9 Å². The molecule has 28 heavy (non-hydrogen) atoms. The molecule has 0 amide bonds. The molecule has 5 nitrogen and oxygen atoms in total. The molecular formula is C23H35NO4. The highest BCUT2D eigenvalue weighted by molar-refractivity contribution is 5.88. The molecule has 1 aromatic heterocycles. The summed E-state index contributed by atoms with van der Waals surface area (Å²) in [5.41, 5.74) is 0.0796. The summed E-state index contributed by atoms with van der Waals surface area (Å²) in [6.45, 7) is 5.53. The second kappa shape index (κ2) is 12.3. The number of hydrogen-bond acceptors (Lipinski definition) is 4. The molecule has 5 heteroatoms. The average Bonchev–Trinajstić information content (AvgIpc) is 2.69. The molecule has 2 N–H and O–H groups in total. The maximum absolute atomic E-state index is 12.1. The quantitative estimate of drug-likeness (QED) is 0.393. The van der Waals surface area contributed by atoms with Crippen LogP contribution in [0.1, 0.15) is 78.1 Å². The number of ether oxygens (including phenoxy) is 2. The fraction of sp³-hybridized carbons (Fsp3) is 0.609. The molecule has 0 bridgehead atoms. The molecule has 0 atom stereocenters. The molecule has 0 saturated carbocycles. The van der Waals surface area contributed by atoms with Crippen molar-refractivity contribution < 1.29 is 14.6 Å². The molecule has 156 valence electrons. The van der Waals surface area contributed by atoms with Gasteiger partial charge >= 0.3 is 0 Å². The zero-order valence-corrected chi connectivity index (χ0v) is 17.4. The number of hydrogen-bond donors (Lipinski definition) is 2. The Morgan fingerprint density at radius 3 is 2.18 bits per heavy atom. The van der Waals surface area contributed by atoms with Gasteiger partial charge in [0.1, 0.15) is 5.75 Å². The highest BCUT2D eigenvalue weighted by atomic mass is 16.5. The van der Waals surface area contributed by atoms with Gasteiger partial charge in [-0.2, -0.15) is 0 Å². The summed E-state index contributed by atoms with van der Waals surface area (Å²) in [6, 6.07) is 5.50. The second-order valence-corrected chi connectivity index (χ2v) is 7.36. The normalized spacial score (nSPS) is 11.1. The fourth-order valence-electron chi connectivity index (χ4n) is 3.25. The second-order valence-electron chi connectivity index (χ2n) is 7.36. The van der Waals surface area contributed by atoms with Gasteiger partial charge in [-0.3, -0.25) is 4.79 Å². The number of benzene rings is 1. The van der Waals surface area contributed by atoms with E-state index in [-0.39, 0.29) is 11.5 Å². The van der Waals surface area contributed by atoms with Gasteiger partial charge in [0.05, 0.1) is 18.7 Å². The number of aromatic amines is 1. The zero-order valence-electron chi connectivity index (χ0n) is 17.4. The van der Waals surface area contributed by atoms with E-state index in [1.165, 1.54) is 32.1 Å². The Morgan fingerprint density at radius 1 is 0.857 bits per heavy atom. The lowest BCUT2D eigenvalue weighted by Crippen LogP contribution is -2.09. The van der Waals surface area contributed by atoms with Crippen LogP contribution in [-0.4, -0.2) is 23.3 Å². The van der Waals surface area contributed by atoms with Crippen LogP contribution in [0.2, 0.25) is 0 Å². The van der Waals surface area contributed by atoms with E-state index in [1.54, 1.807) is 6.07 Å². The number of fused-ring (bicyclic) bond motifs is 1. The van der Waals surface area contributed by atoms with Gasteiger partial charge in [-0.1, -0.05) is 65.2 Å². The summed E-state index contributed by atoms with van der Waals surface area (Å²) in [6.07, 6.45) is 11.6. The Bertz CT molecular complexity index is 769. The van der Waals surface area contributed by atoms with Crippen LogP contribution in [0.25, 0.3) is 10.9 Å². The van der Waals surface area contributed by atoms with Crippen molar-refractivity contribution in [3.05, 3.63) is 28.6 Å². The van der Waals surface area contributed by atoms with Crippen LogP contribution in [-0.2, 0) is 0 Å². The first-order chi connectivity index (χ1) is 13.7. The van der Waals surface area contributed by atoms with Crippen molar-refractivity contribution in [2.75, 3.05) is 13.2 Å². The Labute approximate surface area is 168 Å². The zero-order chi connectivity index (χ0) is 20.2. The molecule has 2 rings (SSSR count). The molecule has 0 aliphatic rings. The maximum atomic E-state index is 12.1. The average molecular weight is 390 g/mol. The van der Waals surface area contributed by atoms with E-state index in [0.29, 0.717) is 24.1 Å². The molecule has 0 aliphatic carbocycles. The summed E-state index contributed by atoms with van der Waals surface area (Å²) < 4.78 is 11.6. The van der Waals surface area contributed by atoms with Crippen molar-refractivity contribution in [1.82, 2.24) is 4.98 Å². The Hall–Kier alpha value is -2.17. The number of nitrogens with one attached hydrogen (secondary N) is 1. The SMILES string of the molecule is CCCCCCCCOc1ccc2c(OCCCCCC)c(O)c(=O)[nH]c2c1. The Balaban J connectivity index is 1.97. The van der Waals surface area contributed by atoms with Crippen molar-refractivity contribution >= 4 is 10.9 Å². The van der Waals surface area contributed by atoms with Crippen molar-refractivity contribution in [1.29, 1.82) is 0 Å². The lowest BCUT2D eigenvalue weighted by Gasteiger charge is -2.12. The summed E-state index contributed by atoms with van der Waals surface area (Å²) >= 11 is 0. The van der Waals surface area contributed by atoms with Gasteiger partial charge < -0.3 is 19.6 Å². The lowest BCUT2D eigenvalue weighted by atomic mass is 10.1. The van der Waals surface area contributed by atoms with E-state index in [1.807, 2.05) is 12.1 Å². The van der Waals surface area contributed by atoms with Crippen LogP contribution >= 0.6 is 0 Å². The van der Waals surface area contributed by atoms with E-state index < -0.39 is 5.56 Å². The van der Waals surface area contributed by atoms with Gasteiger partial charge in [0.15, 0.2) is 5.75 Å². The fourth-order valence-corrected chi connectivity index (χ4v) is 3.25. The van der Waals surface area contributed by atoms with Crippen molar-refractivity contribution in [3.8, 4) is 17.2 Å². The third-order valence-electron chi connectivity index (χ3n) is 4.92. The largest absolute Gasteiger partial charge is 0.500 e. The number of unbranched alkanes of at least 4 members (excludes halogenated alkanes) is 8. The van der Waals surface area contributed by atoms with Crippen LogP contribution in [0, 0.1) is 0 Å². The molecule has 1 heterocycles. The third kappa shape index (κ3) is 6.77. The first-order valence-corrected chi connectivity index (χ1v) is 10.8. The first kappa shape index (κ1) is 22.1. The molecule has 1 aromatic carbocycles. The van der Waals surface area contributed by atoms with Crippen LogP contribution in [0.5, 0.6) is 17.2 Å². The number of H-pyrrole nitrogens is 1. The van der Waals surface area contributed by atoms with Gasteiger partial charge in [-0.05, 0) is 25.0 Å². The minimum absolute atomic E-state index is 0.262. The minimum Gasteiger partial charge on any atom is -0.500 e. The van der Waals surface area contributed by atoms with Gasteiger partial charge in [-0.15, -0.1) is 0 Å². The van der Waals surface area contributed by atoms with Gasteiger partial charge in [0, 0.05) is 11.5 Å². The van der Waals surface area contributed by atoms with Crippen molar-refractivity contribution in [2.45, 2.75) is 78.1 Å². The molecule has 0 unspecified atom stereocenters. The smallest absolute Gasteiger partial charge is 0.294 e. The van der Waals surface area contributed by atoms with Gasteiger partial charge in [-0.25, -0.2) is 0 Å². The van der Waals surface area contributed by atoms with E-state index >= 15 is 0 Å².